The zero-order chi connectivity index (χ0) is 15.0. The standard InChI is InChI=1S/C12H15F3N4OS/c13-12(14,15)10-18-19-11(21-10)17-9(20)8-5-6-3-1-2-4-7(6)16-8/h6-8,16H,1-5H2,(H,17,19,20). The Hall–Kier alpha value is -1.22. The van der Waals surface area contributed by atoms with Gasteiger partial charge in [0.05, 0.1) is 6.04 Å². The molecule has 0 spiro atoms. The van der Waals surface area contributed by atoms with Gasteiger partial charge in [-0.15, -0.1) is 10.2 Å². The molecule has 1 amide bonds. The minimum atomic E-state index is -4.53. The van der Waals surface area contributed by atoms with E-state index in [1.807, 2.05) is 0 Å². The summed E-state index contributed by atoms with van der Waals surface area (Å²) >= 11 is 0.345. The number of alkyl halides is 3. The van der Waals surface area contributed by atoms with Gasteiger partial charge in [-0.1, -0.05) is 24.2 Å². The molecule has 9 heteroatoms. The molecule has 2 aliphatic rings. The van der Waals surface area contributed by atoms with Crippen LogP contribution in [0, 0.1) is 5.92 Å². The van der Waals surface area contributed by atoms with Crippen LogP contribution in [-0.4, -0.2) is 28.2 Å². The first-order chi connectivity index (χ1) is 9.93. The normalized spacial score (nSPS) is 29.2. The Morgan fingerprint density at radius 3 is 2.71 bits per heavy atom. The fourth-order valence-corrected chi connectivity index (χ4v) is 3.72. The monoisotopic (exact) mass is 320 g/mol. The van der Waals surface area contributed by atoms with Crippen molar-refractivity contribution in [3.05, 3.63) is 5.01 Å². The van der Waals surface area contributed by atoms with Gasteiger partial charge in [0.25, 0.3) is 0 Å². The molecule has 1 saturated heterocycles. The molecule has 21 heavy (non-hydrogen) atoms. The largest absolute Gasteiger partial charge is 0.445 e. The summed E-state index contributed by atoms with van der Waals surface area (Å²) in [7, 11) is 0. The van der Waals surface area contributed by atoms with Crippen LogP contribution in [0.2, 0.25) is 0 Å². The number of amides is 1. The van der Waals surface area contributed by atoms with Crippen LogP contribution in [0.5, 0.6) is 0 Å². The van der Waals surface area contributed by atoms with Gasteiger partial charge in [-0.25, -0.2) is 0 Å². The van der Waals surface area contributed by atoms with Crippen LogP contribution in [0.25, 0.3) is 0 Å². The third-order valence-corrected chi connectivity index (χ3v) is 4.96. The van der Waals surface area contributed by atoms with Crippen LogP contribution in [0.3, 0.4) is 0 Å². The van der Waals surface area contributed by atoms with E-state index in [9.17, 15) is 18.0 Å². The Balaban J connectivity index is 1.60. The van der Waals surface area contributed by atoms with Gasteiger partial charge in [0.1, 0.15) is 0 Å². The first kappa shape index (κ1) is 14.7. The van der Waals surface area contributed by atoms with Crippen molar-refractivity contribution < 1.29 is 18.0 Å². The van der Waals surface area contributed by atoms with Crippen LogP contribution in [-0.2, 0) is 11.0 Å². The molecule has 116 valence electrons. The quantitative estimate of drug-likeness (QED) is 0.878. The smallest absolute Gasteiger partial charge is 0.303 e. The molecular weight excluding hydrogens is 305 g/mol. The summed E-state index contributed by atoms with van der Waals surface area (Å²) in [6.07, 6.45) is 0.725. The highest BCUT2D eigenvalue weighted by Gasteiger charge is 2.39. The first-order valence-electron chi connectivity index (χ1n) is 6.91. The SMILES string of the molecule is O=C(Nc1nnc(C(F)(F)F)s1)C1CC2CCCCC2N1. The van der Waals surface area contributed by atoms with Crippen molar-refractivity contribution in [1.82, 2.24) is 15.5 Å². The zero-order valence-corrected chi connectivity index (χ0v) is 11.9. The van der Waals surface area contributed by atoms with Gasteiger partial charge in [-0.05, 0) is 25.2 Å². The summed E-state index contributed by atoms with van der Waals surface area (Å²) in [5.41, 5.74) is 0. The fourth-order valence-electron chi connectivity index (χ4n) is 3.10. The Morgan fingerprint density at radius 1 is 1.29 bits per heavy atom. The Bertz CT molecular complexity index is 519. The van der Waals surface area contributed by atoms with E-state index in [0.29, 0.717) is 23.3 Å². The summed E-state index contributed by atoms with van der Waals surface area (Å²) in [5.74, 6) is 0.170. The van der Waals surface area contributed by atoms with Crippen molar-refractivity contribution in [2.24, 2.45) is 5.92 Å². The van der Waals surface area contributed by atoms with Gasteiger partial charge in [0.15, 0.2) is 0 Å². The van der Waals surface area contributed by atoms with E-state index in [1.165, 1.54) is 6.42 Å². The van der Waals surface area contributed by atoms with Gasteiger partial charge < -0.3 is 5.32 Å². The minimum absolute atomic E-state index is 0.107. The van der Waals surface area contributed by atoms with E-state index >= 15 is 0 Å². The molecule has 0 radical (unpaired) electrons. The molecule has 2 fully saturated rings. The van der Waals surface area contributed by atoms with E-state index in [1.54, 1.807) is 0 Å². The lowest BCUT2D eigenvalue weighted by Crippen LogP contribution is -2.39. The zero-order valence-electron chi connectivity index (χ0n) is 11.1. The van der Waals surface area contributed by atoms with Gasteiger partial charge in [0.2, 0.25) is 16.0 Å². The number of halogens is 3. The van der Waals surface area contributed by atoms with Crippen molar-refractivity contribution in [3.8, 4) is 0 Å². The van der Waals surface area contributed by atoms with Crippen molar-refractivity contribution in [3.63, 3.8) is 0 Å². The second-order valence-corrected chi connectivity index (χ2v) is 6.48. The third-order valence-electron chi connectivity index (χ3n) is 4.08. The van der Waals surface area contributed by atoms with Gasteiger partial charge in [-0.2, -0.15) is 13.2 Å². The molecule has 1 saturated carbocycles. The predicted molar refractivity (Wildman–Crippen MR) is 70.8 cm³/mol. The summed E-state index contributed by atoms with van der Waals surface area (Å²) in [4.78, 5) is 12.1. The molecule has 2 heterocycles. The summed E-state index contributed by atoms with van der Waals surface area (Å²) in [6, 6.07) is 0.00555. The van der Waals surface area contributed by atoms with Crippen molar-refractivity contribution in [2.75, 3.05) is 5.32 Å². The third kappa shape index (κ3) is 3.18. The van der Waals surface area contributed by atoms with Gasteiger partial charge in [0, 0.05) is 6.04 Å². The second kappa shape index (κ2) is 5.53. The lowest BCUT2D eigenvalue weighted by Gasteiger charge is -2.24. The Labute approximate surface area is 123 Å². The average molecular weight is 320 g/mol. The van der Waals surface area contributed by atoms with Crippen LogP contribution in [0.15, 0.2) is 0 Å². The molecule has 1 aliphatic carbocycles. The molecule has 3 unspecified atom stereocenters. The van der Waals surface area contributed by atoms with Crippen LogP contribution < -0.4 is 10.6 Å². The van der Waals surface area contributed by atoms with Gasteiger partial charge >= 0.3 is 6.18 Å². The number of hydrogen-bond donors (Lipinski definition) is 2. The first-order valence-corrected chi connectivity index (χ1v) is 7.73. The average Bonchev–Trinajstić information content (AvgIpc) is 3.03. The van der Waals surface area contributed by atoms with E-state index < -0.39 is 11.2 Å². The fraction of sp³-hybridized carbons (Fsp3) is 0.750. The number of nitrogens with one attached hydrogen (secondary N) is 2. The second-order valence-electron chi connectivity index (χ2n) is 5.51. The number of anilines is 1. The number of carbonyl (C=O) groups is 1. The molecule has 0 aromatic carbocycles. The molecule has 0 bridgehead atoms. The summed E-state index contributed by atoms with van der Waals surface area (Å²) in [5, 5.41) is 11.0. The maximum absolute atomic E-state index is 12.4. The van der Waals surface area contributed by atoms with Gasteiger partial charge in [-0.3, -0.25) is 10.1 Å². The van der Waals surface area contributed by atoms with E-state index in [4.69, 9.17) is 0 Å². The molecule has 1 aromatic rings. The maximum atomic E-state index is 12.4. The molecular formula is C12H15F3N4OS. The topological polar surface area (TPSA) is 66.9 Å². The molecule has 1 aromatic heterocycles. The summed E-state index contributed by atoms with van der Waals surface area (Å²) < 4.78 is 37.3. The highest BCUT2D eigenvalue weighted by Crippen LogP contribution is 2.35. The maximum Gasteiger partial charge on any atom is 0.445 e. The number of carbonyl (C=O) groups excluding carboxylic acids is 1. The van der Waals surface area contributed by atoms with Crippen molar-refractivity contribution >= 4 is 22.4 Å². The lowest BCUT2D eigenvalue weighted by molar-refractivity contribution is -0.138. The Kier molecular flexibility index (Phi) is 3.87. The number of nitrogens with zero attached hydrogens (tertiary/aromatic N) is 2. The van der Waals surface area contributed by atoms with E-state index in [-0.39, 0.29) is 17.1 Å². The van der Waals surface area contributed by atoms with Crippen LogP contribution >= 0.6 is 11.3 Å². The van der Waals surface area contributed by atoms with Crippen molar-refractivity contribution in [1.29, 1.82) is 0 Å². The molecule has 1 aliphatic heterocycles. The number of rotatable bonds is 2. The van der Waals surface area contributed by atoms with E-state index in [2.05, 4.69) is 20.8 Å². The number of fused-ring (bicyclic) bond motifs is 1. The van der Waals surface area contributed by atoms with E-state index in [0.717, 1.165) is 25.7 Å². The molecule has 2 N–H and O–H groups in total. The van der Waals surface area contributed by atoms with Crippen LogP contribution in [0.1, 0.15) is 37.1 Å². The summed E-state index contributed by atoms with van der Waals surface area (Å²) in [6.45, 7) is 0. The van der Waals surface area contributed by atoms with Crippen LogP contribution in [0.4, 0.5) is 18.3 Å². The molecule has 3 rings (SSSR count). The predicted octanol–water partition coefficient (Wildman–Crippen LogP) is 2.42. The highest BCUT2D eigenvalue weighted by molar-refractivity contribution is 7.15. The lowest BCUT2D eigenvalue weighted by atomic mass is 9.85. The molecule has 5 nitrogen and oxygen atoms in total. The highest BCUT2D eigenvalue weighted by atomic mass is 32.1. The Morgan fingerprint density at radius 2 is 2.05 bits per heavy atom. The van der Waals surface area contributed by atoms with Crippen molar-refractivity contribution in [2.45, 2.75) is 50.4 Å². The molecule has 3 atom stereocenters. The number of aromatic nitrogens is 2. The minimum Gasteiger partial charge on any atom is -0.303 e. The number of hydrogen-bond acceptors (Lipinski definition) is 5.